The summed E-state index contributed by atoms with van der Waals surface area (Å²) in [7, 11) is -8.56. The number of benzene rings is 5. The van der Waals surface area contributed by atoms with Gasteiger partial charge in [-0.15, -0.1) is 0 Å². The molecule has 1 aliphatic carbocycles. The van der Waals surface area contributed by atoms with E-state index < -0.39 is 48.4 Å². The van der Waals surface area contributed by atoms with E-state index in [9.17, 15) is 0 Å². The third-order valence-electron chi connectivity index (χ3n) is 18.4. The molecule has 416 valence electrons. The Hall–Kier alpha value is -2.21. The molecule has 0 fully saturated rings. The first-order chi connectivity index (χ1) is 37.0. The highest BCUT2D eigenvalue weighted by atomic mass is 31.2. The molecule has 1 atom stereocenters. The highest BCUT2D eigenvalue weighted by molar-refractivity contribution is 7.84. The molecular weight excluding hydrogens is 1020 g/mol. The summed E-state index contributed by atoms with van der Waals surface area (Å²) in [6.07, 6.45) is 17.8. The molecule has 76 heavy (non-hydrogen) atoms. The second-order valence-electron chi connectivity index (χ2n) is 24.0. The van der Waals surface area contributed by atoms with Gasteiger partial charge < -0.3 is 0 Å². The number of hydrogen-bond donors (Lipinski definition) is 0. The number of fused-ring (bicyclic) bond motifs is 1. The molecule has 5 aromatic rings. The van der Waals surface area contributed by atoms with Gasteiger partial charge in [0.1, 0.15) is 0 Å². The van der Waals surface area contributed by atoms with Crippen LogP contribution in [0.5, 0.6) is 0 Å². The van der Waals surface area contributed by atoms with Gasteiger partial charge in [-0.05, 0) is 45.2 Å². The van der Waals surface area contributed by atoms with Crippen molar-refractivity contribution in [1.82, 2.24) is 4.44 Å². The van der Waals surface area contributed by atoms with Crippen LogP contribution in [0.15, 0.2) is 121 Å². The normalized spacial score (nSPS) is 14.4. The lowest BCUT2D eigenvalue weighted by Crippen LogP contribution is -2.48. The van der Waals surface area contributed by atoms with E-state index in [1.165, 1.54) is 156 Å². The Morgan fingerprint density at radius 1 is 0.316 bits per heavy atom. The van der Waals surface area contributed by atoms with Gasteiger partial charge in [0.15, 0.2) is 0 Å². The molecule has 0 amide bonds. The molecule has 5 aromatic carbocycles. The van der Waals surface area contributed by atoms with Gasteiger partial charge in [-0.2, -0.15) is 0 Å². The van der Waals surface area contributed by atoms with Crippen molar-refractivity contribution in [3.63, 3.8) is 0 Å². The Morgan fingerprint density at radius 3 is 0.763 bits per heavy atom. The molecular formula is C69H109NP2Si4. The van der Waals surface area contributed by atoms with E-state index in [-0.39, 0.29) is 0 Å². The van der Waals surface area contributed by atoms with Crippen molar-refractivity contribution >= 4 is 90.4 Å². The number of hydrogen-bond acceptors (Lipinski definition) is 1. The molecule has 1 aliphatic rings. The molecule has 6 rings (SSSR count). The summed E-state index contributed by atoms with van der Waals surface area (Å²) in [6, 6.07) is 69.9. The van der Waals surface area contributed by atoms with Crippen LogP contribution in [0.3, 0.4) is 0 Å². The Morgan fingerprint density at radius 2 is 0.539 bits per heavy atom. The number of nitrogens with zero attached hydrogens (tertiary/aromatic N) is 1. The van der Waals surface area contributed by atoms with Crippen LogP contribution in [0.2, 0.25) is 72.5 Å². The van der Waals surface area contributed by atoms with E-state index in [1.807, 2.05) is 0 Å². The largest absolute Gasteiger partial charge is 0.237 e. The van der Waals surface area contributed by atoms with Gasteiger partial charge in [-0.3, -0.25) is 0 Å². The van der Waals surface area contributed by atoms with Crippen LogP contribution in [-0.2, 0) is 6.42 Å². The van der Waals surface area contributed by atoms with E-state index in [2.05, 4.69) is 209 Å². The van der Waals surface area contributed by atoms with Gasteiger partial charge in [0, 0.05) is 22.2 Å². The first kappa shape index (κ1) is 63.0. The van der Waals surface area contributed by atoms with Gasteiger partial charge in [0.2, 0.25) is 0 Å². The standard InChI is InChI=1S/C69H109NP2Si4/c1-13-47-73(48-14-2,49-15-3)64-38-30-60(31-39-64)71(61-32-40-65(41-33-61)74(50-16-4,51-17-5)52-18-6)70(69-46-29-59-27-25-26-28-68(59)69)72(62-34-42-66(43-35-62)75(53-19-7,54-20-8)55-21-9)63-36-44-67(45-37-63)76(56-22-10,57-23-11)58-24-12/h25-28,30-45,69H,13-24,29,46-58H2,1-12H3. The predicted molar refractivity (Wildman–Crippen MR) is 360 cm³/mol. The minimum atomic E-state index is -1.66. The Balaban J connectivity index is 1.71. The van der Waals surface area contributed by atoms with Crippen LogP contribution >= 0.6 is 16.1 Å². The fraction of sp³-hybridized carbons (Fsp3) is 0.565. The first-order valence-corrected chi connectivity index (χ1v) is 45.0. The van der Waals surface area contributed by atoms with E-state index >= 15 is 0 Å². The zero-order valence-corrected chi connectivity index (χ0v) is 56.6. The third-order valence-corrected chi connectivity index (χ3v) is 47.7. The molecule has 0 aliphatic heterocycles. The van der Waals surface area contributed by atoms with Crippen LogP contribution in [0, 0.1) is 0 Å². The topological polar surface area (TPSA) is 3.24 Å². The average molecular weight is 1130 g/mol. The van der Waals surface area contributed by atoms with E-state index in [1.54, 1.807) is 53.1 Å². The number of rotatable bonds is 35. The van der Waals surface area contributed by atoms with Gasteiger partial charge in [0.25, 0.3) is 0 Å². The summed E-state index contributed by atoms with van der Waals surface area (Å²) in [6.45, 7) is 29.3. The van der Waals surface area contributed by atoms with E-state index in [0.29, 0.717) is 6.04 Å². The molecule has 0 radical (unpaired) electrons. The van der Waals surface area contributed by atoms with Crippen LogP contribution in [-0.4, -0.2) is 36.7 Å². The minimum absolute atomic E-state index is 0.317. The molecule has 1 nitrogen and oxygen atoms in total. The molecule has 0 N–H and O–H groups in total. The van der Waals surface area contributed by atoms with Crippen molar-refractivity contribution in [2.75, 3.05) is 0 Å². The zero-order valence-electron chi connectivity index (χ0n) is 50.9. The fourth-order valence-corrected chi connectivity index (χ4v) is 43.4. The average Bonchev–Trinajstić information content (AvgIpc) is 3.88. The second-order valence-corrected chi connectivity index (χ2v) is 47.0. The Bertz CT molecular complexity index is 2070. The van der Waals surface area contributed by atoms with Crippen molar-refractivity contribution < 1.29 is 0 Å². The van der Waals surface area contributed by atoms with Crippen LogP contribution in [0.1, 0.15) is 184 Å². The summed E-state index contributed by atoms with van der Waals surface area (Å²) in [5.74, 6) is 0. The quantitative estimate of drug-likeness (QED) is 0.0289. The zero-order chi connectivity index (χ0) is 54.6. The minimum Gasteiger partial charge on any atom is -0.237 e. The lowest BCUT2D eigenvalue weighted by atomic mass is 10.1. The molecule has 0 saturated heterocycles. The second kappa shape index (κ2) is 31.1. The summed E-state index contributed by atoms with van der Waals surface area (Å²) in [5.41, 5.74) is 3.14. The highest BCUT2D eigenvalue weighted by Crippen LogP contribution is 2.61. The summed E-state index contributed by atoms with van der Waals surface area (Å²) >= 11 is 0. The highest BCUT2D eigenvalue weighted by Gasteiger charge is 2.43. The Labute approximate surface area is 475 Å². The van der Waals surface area contributed by atoms with E-state index in [0.717, 1.165) is 6.42 Å². The molecule has 0 bridgehead atoms. The summed E-state index contributed by atoms with van der Waals surface area (Å²) < 4.78 is 3.23. The van der Waals surface area contributed by atoms with Crippen molar-refractivity contribution in [2.24, 2.45) is 0 Å². The molecule has 1 unspecified atom stereocenters. The van der Waals surface area contributed by atoms with Crippen LogP contribution < -0.4 is 42.0 Å². The van der Waals surface area contributed by atoms with Gasteiger partial charge in [-0.1, -0.05) is 375 Å². The maximum atomic E-state index is 3.23. The van der Waals surface area contributed by atoms with Gasteiger partial charge >= 0.3 is 0 Å². The Kier molecular flexibility index (Phi) is 25.8. The lowest BCUT2D eigenvalue weighted by molar-refractivity contribution is 0.516. The molecule has 0 saturated carbocycles. The first-order valence-electron chi connectivity index (χ1n) is 31.9. The van der Waals surface area contributed by atoms with Crippen LogP contribution in [0.25, 0.3) is 0 Å². The summed E-state index contributed by atoms with van der Waals surface area (Å²) in [4.78, 5) is 0. The molecule has 0 spiro atoms. The lowest BCUT2D eigenvalue weighted by Gasteiger charge is -2.44. The van der Waals surface area contributed by atoms with Gasteiger partial charge in [0.05, 0.1) is 32.3 Å². The number of aryl methyl sites for hydroxylation is 1. The smallest absolute Gasteiger partial charge is 0.0866 e. The van der Waals surface area contributed by atoms with Crippen molar-refractivity contribution in [3.8, 4) is 0 Å². The maximum absolute atomic E-state index is 3.23. The molecule has 7 heteroatoms. The molecule has 0 aromatic heterocycles. The fourth-order valence-electron chi connectivity index (χ4n) is 15.7. The predicted octanol–water partition coefficient (Wildman–Crippen LogP) is 18.6. The SMILES string of the molecule is CCC[Si](CCC)(CCC)c1ccc(P(c2ccc([Si](CCC)(CCC)CCC)cc2)N(C2CCc3ccccc32)P(c2ccc([Si](CCC)(CCC)CCC)cc2)c2ccc([Si](CCC)(CCC)CCC)cc2)cc1. The van der Waals surface area contributed by atoms with Crippen molar-refractivity contribution in [3.05, 3.63) is 132 Å². The monoisotopic (exact) mass is 1130 g/mol. The van der Waals surface area contributed by atoms with Crippen LogP contribution in [0.4, 0.5) is 0 Å². The van der Waals surface area contributed by atoms with Crippen molar-refractivity contribution in [1.29, 1.82) is 0 Å². The van der Waals surface area contributed by atoms with Crippen molar-refractivity contribution in [2.45, 2.75) is 252 Å². The third kappa shape index (κ3) is 14.4. The summed E-state index contributed by atoms with van der Waals surface area (Å²) in [5, 5.41) is 13.0. The molecule has 0 heterocycles. The van der Waals surface area contributed by atoms with E-state index in [4.69, 9.17) is 0 Å². The maximum Gasteiger partial charge on any atom is 0.0866 e. The van der Waals surface area contributed by atoms with Gasteiger partial charge in [-0.25, -0.2) is 4.44 Å².